The fourth-order valence-electron chi connectivity index (χ4n) is 1.99. The third kappa shape index (κ3) is 4.51. The van der Waals surface area contributed by atoms with Crippen molar-refractivity contribution in [2.24, 2.45) is 5.73 Å². The van der Waals surface area contributed by atoms with E-state index in [0.29, 0.717) is 11.4 Å². The Hall–Kier alpha value is -1.58. The zero-order valence-electron chi connectivity index (χ0n) is 11.1. The molecule has 0 unspecified atom stereocenters. The average Bonchev–Trinajstić information content (AvgIpc) is 2.46. The molecule has 20 heavy (non-hydrogen) atoms. The molecule has 0 aliphatic heterocycles. The van der Waals surface area contributed by atoms with E-state index in [1.54, 1.807) is 0 Å². The highest BCUT2D eigenvalue weighted by Crippen LogP contribution is 2.18. The molecule has 0 heterocycles. The first-order chi connectivity index (χ1) is 9.65. The van der Waals surface area contributed by atoms with Crippen molar-refractivity contribution in [3.05, 3.63) is 65.2 Å². The molecule has 2 rings (SSSR count). The predicted octanol–water partition coefficient (Wildman–Crippen LogP) is 4.02. The second-order valence-electron chi connectivity index (χ2n) is 4.60. The lowest BCUT2D eigenvalue weighted by molar-refractivity contribution is 0.807. The van der Waals surface area contributed by atoms with E-state index in [2.05, 4.69) is 17.0 Å². The summed E-state index contributed by atoms with van der Waals surface area (Å²) in [5.41, 5.74) is 7.99. The van der Waals surface area contributed by atoms with Gasteiger partial charge in [-0.15, -0.1) is 0 Å². The summed E-state index contributed by atoms with van der Waals surface area (Å²) in [5.74, 6) is 0. The number of rotatable bonds is 6. The number of hydrogen-bond donors (Lipinski definition) is 1. The second-order valence-corrected chi connectivity index (χ2v) is 5.56. The number of para-hydroxylation sites is 1. The van der Waals surface area contributed by atoms with Gasteiger partial charge >= 0.3 is 0 Å². The van der Waals surface area contributed by atoms with Gasteiger partial charge in [0.1, 0.15) is 0 Å². The fraction of sp³-hybridized carbons (Fsp3) is 0.188. The normalized spacial score (nSPS) is 10.2. The van der Waals surface area contributed by atoms with Crippen molar-refractivity contribution in [1.29, 1.82) is 0 Å². The van der Waals surface area contributed by atoms with Crippen LogP contribution in [0, 0.1) is 0 Å². The van der Waals surface area contributed by atoms with Crippen molar-refractivity contribution in [3.63, 3.8) is 0 Å². The minimum Gasteiger partial charge on any atom is -0.393 e. The third-order valence-corrected chi connectivity index (χ3v) is 3.49. The van der Waals surface area contributed by atoms with Crippen LogP contribution in [0.4, 0.5) is 5.69 Å². The van der Waals surface area contributed by atoms with Gasteiger partial charge in [0.15, 0.2) is 0 Å². The number of nitrogens with two attached hydrogens (primary N) is 1. The number of halogens is 1. The van der Waals surface area contributed by atoms with Crippen LogP contribution in [0.3, 0.4) is 0 Å². The lowest BCUT2D eigenvalue weighted by Gasteiger charge is -2.25. The number of hydrogen-bond acceptors (Lipinski definition) is 2. The molecular weight excluding hydrogens is 288 g/mol. The first kappa shape index (κ1) is 14.8. The lowest BCUT2D eigenvalue weighted by atomic mass is 10.2. The molecule has 2 aromatic rings. The quantitative estimate of drug-likeness (QED) is 0.817. The molecule has 0 saturated carbocycles. The van der Waals surface area contributed by atoms with E-state index in [1.807, 2.05) is 42.5 Å². The van der Waals surface area contributed by atoms with Crippen molar-refractivity contribution in [1.82, 2.24) is 0 Å². The zero-order valence-corrected chi connectivity index (χ0v) is 12.7. The van der Waals surface area contributed by atoms with E-state index >= 15 is 0 Å². The molecule has 104 valence electrons. The lowest BCUT2D eigenvalue weighted by Crippen LogP contribution is -2.27. The van der Waals surface area contributed by atoms with Crippen LogP contribution in [0.15, 0.2) is 54.6 Å². The van der Waals surface area contributed by atoms with E-state index < -0.39 is 0 Å². The van der Waals surface area contributed by atoms with Gasteiger partial charge in [-0.25, -0.2) is 0 Å². The van der Waals surface area contributed by atoms with Gasteiger partial charge in [0.2, 0.25) is 0 Å². The van der Waals surface area contributed by atoms with Gasteiger partial charge in [-0.3, -0.25) is 0 Å². The largest absolute Gasteiger partial charge is 0.393 e. The zero-order chi connectivity index (χ0) is 14.4. The monoisotopic (exact) mass is 304 g/mol. The summed E-state index contributed by atoms with van der Waals surface area (Å²) in [4.78, 5) is 2.81. The van der Waals surface area contributed by atoms with Crippen LogP contribution >= 0.6 is 23.8 Å². The minimum absolute atomic E-state index is 0.544. The van der Waals surface area contributed by atoms with Gasteiger partial charge in [-0.1, -0.05) is 54.2 Å². The maximum atomic E-state index is 5.92. The maximum absolute atomic E-state index is 5.92. The summed E-state index contributed by atoms with van der Waals surface area (Å²) in [6.45, 7) is 1.62. The fourth-order valence-corrected chi connectivity index (χ4v) is 2.21. The Balaban J connectivity index is 2.13. The molecule has 0 amide bonds. The molecule has 2 N–H and O–H groups in total. The van der Waals surface area contributed by atoms with Crippen molar-refractivity contribution in [3.8, 4) is 0 Å². The molecule has 2 nitrogen and oxygen atoms in total. The van der Waals surface area contributed by atoms with E-state index in [4.69, 9.17) is 29.6 Å². The van der Waals surface area contributed by atoms with Crippen molar-refractivity contribution >= 4 is 34.5 Å². The van der Waals surface area contributed by atoms with Crippen LogP contribution in [0.25, 0.3) is 0 Å². The molecule has 4 heteroatoms. The highest BCUT2D eigenvalue weighted by molar-refractivity contribution is 7.80. The Morgan fingerprint density at radius 2 is 1.70 bits per heavy atom. The first-order valence-corrected chi connectivity index (χ1v) is 7.26. The third-order valence-electron chi connectivity index (χ3n) is 3.04. The molecule has 2 aromatic carbocycles. The number of benzene rings is 2. The summed E-state index contributed by atoms with van der Waals surface area (Å²) >= 11 is 10.9. The van der Waals surface area contributed by atoms with Crippen LogP contribution in [0.5, 0.6) is 0 Å². The molecular formula is C16H17ClN2S. The SMILES string of the molecule is NC(=S)CCN(Cc1ccc(Cl)cc1)c1ccccc1. The summed E-state index contributed by atoms with van der Waals surface area (Å²) in [6.07, 6.45) is 0.706. The van der Waals surface area contributed by atoms with Gasteiger partial charge in [0, 0.05) is 30.2 Å². The predicted molar refractivity (Wildman–Crippen MR) is 90.3 cm³/mol. The summed E-state index contributed by atoms with van der Waals surface area (Å²) in [7, 11) is 0. The Morgan fingerprint density at radius 1 is 1.05 bits per heavy atom. The Bertz CT molecular complexity index is 554. The molecule has 0 radical (unpaired) electrons. The van der Waals surface area contributed by atoms with Crippen LogP contribution in [0.1, 0.15) is 12.0 Å². The molecule has 0 spiro atoms. The highest BCUT2D eigenvalue weighted by Gasteiger charge is 2.07. The molecule has 0 saturated heterocycles. The summed E-state index contributed by atoms with van der Waals surface area (Å²) in [6, 6.07) is 18.2. The van der Waals surface area contributed by atoms with Gasteiger partial charge in [0.05, 0.1) is 4.99 Å². The van der Waals surface area contributed by atoms with Crippen LogP contribution in [0.2, 0.25) is 5.02 Å². The molecule has 0 fully saturated rings. The van der Waals surface area contributed by atoms with E-state index in [9.17, 15) is 0 Å². The summed E-state index contributed by atoms with van der Waals surface area (Å²) < 4.78 is 0. The van der Waals surface area contributed by atoms with Crippen LogP contribution in [-0.4, -0.2) is 11.5 Å². The van der Waals surface area contributed by atoms with E-state index in [-0.39, 0.29) is 0 Å². The first-order valence-electron chi connectivity index (χ1n) is 6.48. The van der Waals surface area contributed by atoms with Gasteiger partial charge in [-0.2, -0.15) is 0 Å². The maximum Gasteiger partial charge on any atom is 0.0745 e. The molecule has 0 bridgehead atoms. The van der Waals surface area contributed by atoms with Gasteiger partial charge < -0.3 is 10.6 Å². The van der Waals surface area contributed by atoms with Crippen LogP contribution < -0.4 is 10.6 Å². The molecule has 0 aromatic heterocycles. The molecule has 0 atom stereocenters. The molecule has 0 aliphatic rings. The Labute approximate surface area is 130 Å². The number of thiocarbonyl (C=S) groups is 1. The Morgan fingerprint density at radius 3 is 2.30 bits per heavy atom. The Kier molecular flexibility index (Phi) is 5.39. The van der Waals surface area contributed by atoms with E-state index in [0.717, 1.165) is 18.1 Å². The number of nitrogens with zero attached hydrogens (tertiary/aromatic N) is 1. The van der Waals surface area contributed by atoms with Gasteiger partial charge in [0.25, 0.3) is 0 Å². The van der Waals surface area contributed by atoms with Crippen molar-refractivity contribution in [2.45, 2.75) is 13.0 Å². The molecule has 0 aliphatic carbocycles. The van der Waals surface area contributed by atoms with Crippen molar-refractivity contribution < 1.29 is 0 Å². The topological polar surface area (TPSA) is 29.3 Å². The van der Waals surface area contributed by atoms with Gasteiger partial charge in [-0.05, 0) is 29.8 Å². The number of anilines is 1. The standard InChI is InChI=1S/C16H17ClN2S/c17-14-8-6-13(7-9-14)12-19(11-10-16(18)20)15-4-2-1-3-5-15/h1-9H,10-12H2,(H2,18,20). The van der Waals surface area contributed by atoms with Crippen molar-refractivity contribution in [2.75, 3.05) is 11.4 Å². The van der Waals surface area contributed by atoms with Crippen LogP contribution in [-0.2, 0) is 6.54 Å². The smallest absolute Gasteiger partial charge is 0.0745 e. The average molecular weight is 305 g/mol. The highest BCUT2D eigenvalue weighted by atomic mass is 35.5. The second kappa shape index (κ2) is 7.27. The van der Waals surface area contributed by atoms with E-state index in [1.165, 1.54) is 11.3 Å². The summed E-state index contributed by atoms with van der Waals surface area (Å²) in [5, 5.41) is 0.753. The minimum atomic E-state index is 0.544.